The molecule has 13 nitrogen and oxygen atoms in total. The van der Waals surface area contributed by atoms with Crippen molar-refractivity contribution in [2.45, 2.75) is 19.1 Å². The van der Waals surface area contributed by atoms with E-state index in [9.17, 15) is 39.2 Å². The average Bonchev–Trinajstić information content (AvgIpc) is 3.23. The van der Waals surface area contributed by atoms with Gasteiger partial charge in [0.1, 0.15) is 5.00 Å². The number of ether oxygens (including phenoxy) is 1. The second-order valence-corrected chi connectivity index (χ2v) is 8.22. The Morgan fingerprint density at radius 2 is 1.91 bits per heavy atom. The average molecular weight is 475 g/mol. The van der Waals surface area contributed by atoms with Crippen molar-refractivity contribution < 1.29 is 43.8 Å². The first kappa shape index (κ1) is 22.0. The standard InChI is InChI=1S/C19H13N3O10S/c23-14(19(28)29)20-15-13(18(26)27)11-4-8(32-6-12(11)33-15)5-21-16(24)9-2-1-7(22(30)31)3-10(9)17(21)25/h1-3,8H,4-6H2,(H,20,23)(H,26,27)(H,28,29). The number of carbonyl (C=O) groups excluding carboxylic acids is 3. The molecule has 0 spiro atoms. The van der Waals surface area contributed by atoms with Crippen molar-refractivity contribution >= 4 is 51.7 Å². The molecule has 0 saturated heterocycles. The maximum atomic E-state index is 12.7. The summed E-state index contributed by atoms with van der Waals surface area (Å²) in [5.74, 6) is -5.95. The molecule has 2 aliphatic heterocycles. The third kappa shape index (κ3) is 3.81. The van der Waals surface area contributed by atoms with E-state index in [0.717, 1.165) is 28.4 Å². The molecule has 2 aromatic rings. The molecular weight excluding hydrogens is 462 g/mol. The van der Waals surface area contributed by atoms with Crippen LogP contribution in [0.1, 0.15) is 41.5 Å². The summed E-state index contributed by atoms with van der Waals surface area (Å²) in [6.45, 7) is -0.312. The Hall–Kier alpha value is -4.17. The van der Waals surface area contributed by atoms with Crippen molar-refractivity contribution in [1.82, 2.24) is 4.90 Å². The largest absolute Gasteiger partial charge is 0.478 e. The zero-order chi connectivity index (χ0) is 24.0. The number of aromatic carboxylic acids is 1. The molecule has 4 rings (SSSR count). The zero-order valence-electron chi connectivity index (χ0n) is 16.4. The number of anilines is 1. The molecule has 0 aliphatic carbocycles. The van der Waals surface area contributed by atoms with E-state index in [1.807, 2.05) is 5.32 Å². The summed E-state index contributed by atoms with van der Waals surface area (Å²) < 4.78 is 5.66. The number of imide groups is 1. The Balaban J connectivity index is 1.57. The first-order valence-corrected chi connectivity index (χ1v) is 10.1. The number of rotatable bonds is 5. The minimum absolute atomic E-state index is 0.0162. The number of nitro benzene ring substituents is 1. The molecule has 33 heavy (non-hydrogen) atoms. The van der Waals surface area contributed by atoms with Gasteiger partial charge in [-0.1, -0.05) is 0 Å². The van der Waals surface area contributed by atoms with Gasteiger partial charge in [-0.15, -0.1) is 11.3 Å². The Morgan fingerprint density at radius 1 is 1.21 bits per heavy atom. The third-order valence-corrected chi connectivity index (χ3v) is 6.28. The van der Waals surface area contributed by atoms with Gasteiger partial charge >= 0.3 is 17.8 Å². The van der Waals surface area contributed by atoms with Gasteiger partial charge in [0.05, 0.1) is 40.9 Å². The Labute approximate surface area is 187 Å². The summed E-state index contributed by atoms with van der Waals surface area (Å²) in [4.78, 5) is 71.1. The van der Waals surface area contributed by atoms with E-state index >= 15 is 0 Å². The van der Waals surface area contributed by atoms with E-state index < -0.39 is 40.7 Å². The maximum Gasteiger partial charge on any atom is 0.394 e. The second-order valence-electron chi connectivity index (χ2n) is 7.12. The molecule has 1 aromatic carbocycles. The number of nitrogens with zero attached hydrogens (tertiary/aromatic N) is 2. The molecule has 3 heterocycles. The zero-order valence-corrected chi connectivity index (χ0v) is 17.2. The highest BCUT2D eigenvalue weighted by Crippen LogP contribution is 2.38. The van der Waals surface area contributed by atoms with E-state index in [1.54, 1.807) is 0 Å². The van der Waals surface area contributed by atoms with Gasteiger partial charge < -0.3 is 20.3 Å². The van der Waals surface area contributed by atoms with Gasteiger partial charge in [0.15, 0.2) is 0 Å². The van der Waals surface area contributed by atoms with Crippen molar-refractivity contribution in [2.75, 3.05) is 11.9 Å². The number of hydrogen-bond donors (Lipinski definition) is 3. The van der Waals surface area contributed by atoms with E-state index in [0.29, 0.717) is 10.4 Å². The van der Waals surface area contributed by atoms with Gasteiger partial charge in [-0.05, 0) is 11.6 Å². The number of carboxylic acid groups (broad SMARTS) is 2. The number of nitro groups is 1. The van der Waals surface area contributed by atoms with Crippen LogP contribution in [0.4, 0.5) is 10.7 Å². The van der Waals surface area contributed by atoms with Gasteiger partial charge in [0, 0.05) is 23.4 Å². The third-order valence-electron chi connectivity index (χ3n) is 5.16. The number of aliphatic carboxylic acids is 1. The quantitative estimate of drug-likeness (QED) is 0.244. The van der Waals surface area contributed by atoms with Crippen LogP contribution in [0.2, 0.25) is 0 Å². The van der Waals surface area contributed by atoms with Crippen molar-refractivity contribution in [3.8, 4) is 0 Å². The fourth-order valence-corrected chi connectivity index (χ4v) is 4.81. The number of non-ortho nitro benzene ring substituents is 1. The lowest BCUT2D eigenvalue weighted by molar-refractivity contribution is -0.384. The van der Waals surface area contributed by atoms with Crippen molar-refractivity contribution in [2.24, 2.45) is 0 Å². The summed E-state index contributed by atoms with van der Waals surface area (Å²) in [7, 11) is 0. The highest BCUT2D eigenvalue weighted by molar-refractivity contribution is 7.17. The lowest BCUT2D eigenvalue weighted by Gasteiger charge is -2.26. The molecular formula is C19H13N3O10S. The molecule has 2 aliphatic rings. The predicted molar refractivity (Wildman–Crippen MR) is 108 cm³/mol. The van der Waals surface area contributed by atoms with Crippen molar-refractivity contribution in [1.29, 1.82) is 0 Å². The van der Waals surface area contributed by atoms with E-state index in [1.165, 1.54) is 6.07 Å². The minimum Gasteiger partial charge on any atom is -0.478 e. The molecule has 1 unspecified atom stereocenters. The van der Waals surface area contributed by atoms with Crippen LogP contribution in [-0.2, 0) is 27.4 Å². The minimum atomic E-state index is -1.78. The number of nitrogens with one attached hydrogen (secondary N) is 1. The fraction of sp³-hybridized carbons (Fsp3) is 0.211. The Bertz CT molecular complexity index is 1270. The van der Waals surface area contributed by atoms with Gasteiger partial charge in [-0.2, -0.15) is 0 Å². The lowest BCUT2D eigenvalue weighted by Crippen LogP contribution is -2.40. The van der Waals surface area contributed by atoms with Crippen LogP contribution in [0.25, 0.3) is 0 Å². The first-order valence-electron chi connectivity index (χ1n) is 9.26. The molecule has 3 N–H and O–H groups in total. The van der Waals surface area contributed by atoms with E-state index in [4.69, 9.17) is 9.84 Å². The summed E-state index contributed by atoms with van der Waals surface area (Å²) in [5, 5.41) is 31.2. The van der Waals surface area contributed by atoms with Crippen LogP contribution in [0.3, 0.4) is 0 Å². The van der Waals surface area contributed by atoms with Crippen LogP contribution in [0.5, 0.6) is 0 Å². The summed E-state index contributed by atoms with van der Waals surface area (Å²) in [6.07, 6.45) is -0.810. The Kier molecular flexibility index (Phi) is 5.39. The molecule has 0 fully saturated rings. The number of fused-ring (bicyclic) bond motifs is 2. The van der Waals surface area contributed by atoms with E-state index in [-0.39, 0.29) is 47.0 Å². The molecule has 1 aromatic heterocycles. The number of carbonyl (C=O) groups is 5. The highest BCUT2D eigenvalue weighted by atomic mass is 32.1. The number of benzene rings is 1. The van der Waals surface area contributed by atoms with E-state index in [2.05, 4.69) is 0 Å². The fourth-order valence-electron chi connectivity index (χ4n) is 3.67. The van der Waals surface area contributed by atoms with Crippen LogP contribution in [0.15, 0.2) is 18.2 Å². The number of hydrogen-bond acceptors (Lipinski definition) is 9. The molecule has 3 amide bonds. The lowest BCUT2D eigenvalue weighted by atomic mass is 10.0. The highest BCUT2D eigenvalue weighted by Gasteiger charge is 2.39. The van der Waals surface area contributed by atoms with Crippen LogP contribution in [-0.4, -0.2) is 62.3 Å². The maximum absolute atomic E-state index is 12.7. The smallest absolute Gasteiger partial charge is 0.394 e. The van der Waals surface area contributed by atoms with Gasteiger partial charge in [0.2, 0.25) is 0 Å². The number of amides is 3. The molecule has 170 valence electrons. The topological polar surface area (TPSA) is 193 Å². The van der Waals surface area contributed by atoms with Gasteiger partial charge in [-0.3, -0.25) is 29.4 Å². The van der Waals surface area contributed by atoms with Crippen LogP contribution < -0.4 is 5.32 Å². The second kappa shape index (κ2) is 8.07. The SMILES string of the molecule is O=C(O)C(=O)Nc1sc2c(c1C(=O)O)CC(CN1C(=O)c3ccc([N+](=O)[O-])cc3C1=O)OC2. The predicted octanol–water partition coefficient (Wildman–Crippen LogP) is 1.12. The summed E-state index contributed by atoms with van der Waals surface area (Å²) >= 11 is 0.864. The first-order chi connectivity index (χ1) is 15.6. The Morgan fingerprint density at radius 3 is 2.55 bits per heavy atom. The monoisotopic (exact) mass is 475 g/mol. The van der Waals surface area contributed by atoms with Crippen LogP contribution in [0, 0.1) is 10.1 Å². The van der Waals surface area contributed by atoms with Gasteiger partial charge in [-0.25, -0.2) is 9.59 Å². The molecule has 14 heteroatoms. The molecule has 0 radical (unpaired) electrons. The molecule has 1 atom stereocenters. The summed E-state index contributed by atoms with van der Waals surface area (Å²) in [5.41, 5.74) is -0.406. The number of thiophene rings is 1. The van der Waals surface area contributed by atoms with Crippen LogP contribution >= 0.6 is 11.3 Å². The molecule has 0 bridgehead atoms. The number of carboxylic acids is 2. The van der Waals surface area contributed by atoms with Crippen molar-refractivity contribution in [3.63, 3.8) is 0 Å². The van der Waals surface area contributed by atoms with Crippen molar-refractivity contribution in [3.05, 3.63) is 55.4 Å². The van der Waals surface area contributed by atoms with Gasteiger partial charge in [0.25, 0.3) is 17.5 Å². The molecule has 0 saturated carbocycles. The normalized spacial score (nSPS) is 16.8. The summed E-state index contributed by atoms with van der Waals surface area (Å²) in [6, 6.07) is 3.34.